The molecule has 2 heteroatoms. The van der Waals surface area contributed by atoms with Gasteiger partial charge in [-0.25, -0.2) is 0 Å². The average molecular weight is 230 g/mol. The molecule has 0 aromatic carbocycles. The second kappa shape index (κ2) is 13.0. The number of hydrogen-bond acceptors (Lipinski definition) is 2. The van der Waals surface area contributed by atoms with E-state index in [2.05, 4.69) is 6.92 Å². The van der Waals surface area contributed by atoms with E-state index in [9.17, 15) is 5.11 Å². The smallest absolute Gasteiger partial charge is 0.0540 e. The predicted molar refractivity (Wildman–Crippen MR) is 69.6 cm³/mol. The van der Waals surface area contributed by atoms with Crippen LogP contribution in [0.5, 0.6) is 0 Å². The zero-order valence-corrected chi connectivity index (χ0v) is 11.0. The molecule has 0 saturated heterocycles. The van der Waals surface area contributed by atoms with Crippen LogP contribution in [0.25, 0.3) is 0 Å². The van der Waals surface area contributed by atoms with Crippen LogP contribution in [0, 0.1) is 0 Å². The van der Waals surface area contributed by atoms with Crippen LogP contribution in [0.4, 0.5) is 0 Å². The van der Waals surface area contributed by atoms with Crippen LogP contribution in [0.3, 0.4) is 0 Å². The lowest BCUT2D eigenvalue weighted by atomic mass is 10.0. The van der Waals surface area contributed by atoms with Crippen LogP contribution >= 0.6 is 0 Å². The normalized spacial score (nSPS) is 12.9. The minimum atomic E-state index is -0.0744. The fourth-order valence-electron chi connectivity index (χ4n) is 1.97. The highest BCUT2D eigenvalue weighted by atomic mass is 16.3. The van der Waals surface area contributed by atoms with Crippen LogP contribution in [0.15, 0.2) is 0 Å². The van der Waals surface area contributed by atoms with Crippen molar-refractivity contribution in [1.29, 1.82) is 0 Å². The summed E-state index contributed by atoms with van der Waals surface area (Å²) in [5.74, 6) is 0. The summed E-state index contributed by atoms with van der Waals surface area (Å²) in [4.78, 5) is 0. The largest absolute Gasteiger partial charge is 0.396 e. The number of aliphatic hydroxyl groups excluding tert-OH is 2. The molecule has 0 fully saturated rings. The van der Waals surface area contributed by atoms with Gasteiger partial charge in [-0.3, -0.25) is 0 Å². The van der Waals surface area contributed by atoms with Crippen LogP contribution in [-0.4, -0.2) is 22.9 Å². The lowest BCUT2D eigenvalue weighted by Gasteiger charge is -2.09. The Labute approximate surface area is 101 Å². The third-order valence-electron chi connectivity index (χ3n) is 3.09. The molecule has 2 nitrogen and oxygen atoms in total. The van der Waals surface area contributed by atoms with E-state index < -0.39 is 0 Å². The first-order valence-corrected chi connectivity index (χ1v) is 7.10. The van der Waals surface area contributed by atoms with Crippen molar-refractivity contribution in [2.24, 2.45) is 0 Å². The van der Waals surface area contributed by atoms with Crippen molar-refractivity contribution >= 4 is 0 Å². The predicted octanol–water partition coefficient (Wildman–Crippen LogP) is 3.65. The molecule has 0 aliphatic carbocycles. The zero-order chi connectivity index (χ0) is 12.1. The maximum Gasteiger partial charge on any atom is 0.0540 e. The summed E-state index contributed by atoms with van der Waals surface area (Å²) in [6.07, 6.45) is 12.5. The van der Waals surface area contributed by atoms with Crippen molar-refractivity contribution in [3.63, 3.8) is 0 Å². The Kier molecular flexibility index (Phi) is 12.9. The minimum Gasteiger partial charge on any atom is -0.396 e. The van der Waals surface area contributed by atoms with Crippen molar-refractivity contribution < 1.29 is 10.2 Å². The molecule has 0 radical (unpaired) electrons. The molecule has 0 unspecified atom stereocenters. The fourth-order valence-corrected chi connectivity index (χ4v) is 1.97. The average Bonchev–Trinajstić information content (AvgIpc) is 2.29. The molecule has 0 aliphatic heterocycles. The highest BCUT2D eigenvalue weighted by Gasteiger charge is 2.03. The molecule has 0 aromatic heterocycles. The number of unbranched alkanes of at least 4 members (excludes halogenated alkanes) is 7. The van der Waals surface area contributed by atoms with E-state index in [0.717, 1.165) is 32.1 Å². The summed E-state index contributed by atoms with van der Waals surface area (Å²) in [6.45, 7) is 2.53. The molecule has 1 atom stereocenters. The maximum absolute atomic E-state index is 9.71. The first kappa shape index (κ1) is 15.9. The first-order chi connectivity index (χ1) is 7.81. The van der Waals surface area contributed by atoms with Crippen LogP contribution < -0.4 is 0 Å². The Hall–Kier alpha value is -0.0800. The Morgan fingerprint density at radius 1 is 0.750 bits per heavy atom. The van der Waals surface area contributed by atoms with E-state index in [1.165, 1.54) is 38.5 Å². The van der Waals surface area contributed by atoms with E-state index in [1.807, 2.05) is 0 Å². The third-order valence-corrected chi connectivity index (χ3v) is 3.09. The molecule has 0 aliphatic rings. The molecule has 0 aromatic rings. The quantitative estimate of drug-likeness (QED) is 0.502. The van der Waals surface area contributed by atoms with Gasteiger partial charge in [0.25, 0.3) is 0 Å². The van der Waals surface area contributed by atoms with Gasteiger partial charge in [-0.15, -0.1) is 0 Å². The monoisotopic (exact) mass is 230 g/mol. The van der Waals surface area contributed by atoms with Gasteiger partial charge in [0.1, 0.15) is 0 Å². The number of aliphatic hydroxyl groups is 2. The second-order valence-corrected chi connectivity index (χ2v) is 4.78. The highest BCUT2D eigenvalue weighted by Crippen LogP contribution is 2.12. The molecule has 16 heavy (non-hydrogen) atoms. The van der Waals surface area contributed by atoms with Gasteiger partial charge in [0.2, 0.25) is 0 Å². The van der Waals surface area contributed by atoms with E-state index in [0.29, 0.717) is 6.61 Å². The van der Waals surface area contributed by atoms with E-state index in [1.54, 1.807) is 0 Å². The van der Waals surface area contributed by atoms with Gasteiger partial charge in [-0.1, -0.05) is 58.3 Å². The molecule has 0 bridgehead atoms. The Morgan fingerprint density at radius 2 is 1.25 bits per heavy atom. The zero-order valence-electron chi connectivity index (χ0n) is 11.0. The summed E-state index contributed by atoms with van der Waals surface area (Å²) >= 11 is 0. The molecule has 2 N–H and O–H groups in total. The SMILES string of the molecule is CCCCCC[C@@H](O)CCCCCCCO. The highest BCUT2D eigenvalue weighted by molar-refractivity contribution is 4.57. The molecular formula is C14H30O2. The Morgan fingerprint density at radius 3 is 1.81 bits per heavy atom. The van der Waals surface area contributed by atoms with Gasteiger partial charge in [-0.2, -0.15) is 0 Å². The molecular weight excluding hydrogens is 200 g/mol. The Bertz CT molecular complexity index is 126. The van der Waals surface area contributed by atoms with Crippen LogP contribution in [-0.2, 0) is 0 Å². The van der Waals surface area contributed by atoms with Gasteiger partial charge in [0, 0.05) is 6.61 Å². The van der Waals surface area contributed by atoms with Crippen molar-refractivity contribution in [2.45, 2.75) is 83.7 Å². The summed E-state index contributed by atoms with van der Waals surface area (Å²) in [6, 6.07) is 0. The summed E-state index contributed by atoms with van der Waals surface area (Å²) < 4.78 is 0. The standard InChI is InChI=1S/C14H30O2/c1-2-3-4-8-11-14(16)12-9-6-5-7-10-13-15/h14-16H,2-13H2,1H3/t14-/m1/s1. The van der Waals surface area contributed by atoms with E-state index >= 15 is 0 Å². The van der Waals surface area contributed by atoms with E-state index in [4.69, 9.17) is 5.11 Å². The third kappa shape index (κ3) is 12.0. The van der Waals surface area contributed by atoms with Crippen molar-refractivity contribution in [3.8, 4) is 0 Å². The van der Waals surface area contributed by atoms with Crippen molar-refractivity contribution in [1.82, 2.24) is 0 Å². The van der Waals surface area contributed by atoms with Crippen LogP contribution in [0.1, 0.15) is 77.6 Å². The summed E-state index contributed by atoms with van der Waals surface area (Å²) in [5.41, 5.74) is 0. The maximum atomic E-state index is 9.71. The lowest BCUT2D eigenvalue weighted by molar-refractivity contribution is 0.147. The van der Waals surface area contributed by atoms with Gasteiger partial charge >= 0.3 is 0 Å². The van der Waals surface area contributed by atoms with Crippen molar-refractivity contribution in [2.75, 3.05) is 6.61 Å². The summed E-state index contributed by atoms with van der Waals surface area (Å²) in [5, 5.41) is 18.3. The number of hydrogen-bond donors (Lipinski definition) is 2. The second-order valence-electron chi connectivity index (χ2n) is 4.78. The fraction of sp³-hybridized carbons (Fsp3) is 1.00. The summed E-state index contributed by atoms with van der Waals surface area (Å²) in [7, 11) is 0. The Balaban J connectivity index is 3.08. The van der Waals surface area contributed by atoms with Gasteiger partial charge in [0.05, 0.1) is 6.10 Å². The topological polar surface area (TPSA) is 40.5 Å². The number of rotatable bonds is 12. The molecule has 0 spiro atoms. The van der Waals surface area contributed by atoms with Crippen LogP contribution in [0.2, 0.25) is 0 Å². The van der Waals surface area contributed by atoms with E-state index in [-0.39, 0.29) is 6.10 Å². The molecule has 0 amide bonds. The molecule has 0 saturated carbocycles. The molecule has 98 valence electrons. The first-order valence-electron chi connectivity index (χ1n) is 7.10. The molecule has 0 heterocycles. The van der Waals surface area contributed by atoms with Gasteiger partial charge in [-0.05, 0) is 19.3 Å². The minimum absolute atomic E-state index is 0.0744. The van der Waals surface area contributed by atoms with Crippen molar-refractivity contribution in [3.05, 3.63) is 0 Å². The van der Waals surface area contributed by atoms with Gasteiger partial charge in [0.15, 0.2) is 0 Å². The lowest BCUT2D eigenvalue weighted by Crippen LogP contribution is -2.05. The molecule has 0 rings (SSSR count). The van der Waals surface area contributed by atoms with Gasteiger partial charge < -0.3 is 10.2 Å².